The van der Waals surface area contributed by atoms with Crippen LogP contribution in [0, 0.1) is 17.6 Å². The fraction of sp³-hybridized carbons (Fsp3) is 0.467. The third kappa shape index (κ3) is 3.24. The molecule has 22 heavy (non-hydrogen) atoms. The predicted molar refractivity (Wildman–Crippen MR) is 76.0 cm³/mol. The molecular formula is C15H18F2N4O. The van der Waals surface area contributed by atoms with Crippen LogP contribution in [-0.2, 0) is 13.1 Å². The molecular weight excluding hydrogens is 290 g/mol. The van der Waals surface area contributed by atoms with Gasteiger partial charge in [-0.15, -0.1) is 5.10 Å². The number of nitrogens with zero attached hydrogens (tertiary/aromatic N) is 4. The smallest absolute Gasteiger partial charge is 0.172 e. The molecule has 1 unspecified atom stereocenters. The third-order valence-electron chi connectivity index (χ3n) is 4.07. The Morgan fingerprint density at radius 2 is 2.18 bits per heavy atom. The summed E-state index contributed by atoms with van der Waals surface area (Å²) >= 11 is 0. The van der Waals surface area contributed by atoms with Crippen LogP contribution in [0.5, 0.6) is 5.75 Å². The second kappa shape index (κ2) is 6.39. The minimum Gasteiger partial charge on any atom is -0.505 e. The van der Waals surface area contributed by atoms with Crippen LogP contribution in [0.15, 0.2) is 24.5 Å². The van der Waals surface area contributed by atoms with Crippen molar-refractivity contribution in [3.05, 3.63) is 41.7 Å². The van der Waals surface area contributed by atoms with Gasteiger partial charge in [0.2, 0.25) is 0 Å². The lowest BCUT2D eigenvalue weighted by atomic mass is 9.97. The van der Waals surface area contributed by atoms with Crippen LogP contribution in [0.25, 0.3) is 0 Å². The van der Waals surface area contributed by atoms with E-state index in [4.69, 9.17) is 0 Å². The van der Waals surface area contributed by atoms with Gasteiger partial charge in [0.25, 0.3) is 0 Å². The summed E-state index contributed by atoms with van der Waals surface area (Å²) in [5, 5.41) is 17.1. The molecule has 1 aromatic heterocycles. The summed E-state index contributed by atoms with van der Waals surface area (Å²) in [6.07, 6.45) is 5.48. The summed E-state index contributed by atoms with van der Waals surface area (Å²) in [5.74, 6) is -1.61. The zero-order valence-corrected chi connectivity index (χ0v) is 12.1. The second-order valence-electron chi connectivity index (χ2n) is 5.73. The number of aromatic nitrogens is 3. The number of phenols is 1. The largest absolute Gasteiger partial charge is 0.505 e. The minimum absolute atomic E-state index is 0.0681. The summed E-state index contributed by atoms with van der Waals surface area (Å²) in [4.78, 5) is 2.02. The van der Waals surface area contributed by atoms with Gasteiger partial charge >= 0.3 is 0 Å². The van der Waals surface area contributed by atoms with Crippen LogP contribution in [0.2, 0.25) is 0 Å². The van der Waals surface area contributed by atoms with Crippen molar-refractivity contribution in [3.8, 4) is 5.75 Å². The molecule has 1 saturated heterocycles. The van der Waals surface area contributed by atoms with Crippen LogP contribution in [0.1, 0.15) is 18.4 Å². The van der Waals surface area contributed by atoms with Crippen LogP contribution in [0.3, 0.4) is 0 Å². The van der Waals surface area contributed by atoms with Gasteiger partial charge in [-0.3, -0.25) is 9.58 Å². The van der Waals surface area contributed by atoms with Crippen molar-refractivity contribution in [1.82, 2.24) is 19.9 Å². The quantitative estimate of drug-likeness (QED) is 0.940. The number of phenolic OH excluding ortho intramolecular Hbond substituents is 1. The van der Waals surface area contributed by atoms with Crippen LogP contribution >= 0.6 is 0 Å². The SMILES string of the molecule is Oc1ccc(F)c(CN2CCCC(Cn3ccnn3)C2)c1F. The number of hydrogen-bond donors (Lipinski definition) is 1. The third-order valence-corrected chi connectivity index (χ3v) is 4.07. The average molecular weight is 308 g/mol. The first kappa shape index (κ1) is 14.9. The molecule has 0 saturated carbocycles. The van der Waals surface area contributed by atoms with Crippen molar-refractivity contribution in [2.45, 2.75) is 25.9 Å². The van der Waals surface area contributed by atoms with Gasteiger partial charge in [0, 0.05) is 31.4 Å². The number of piperidine rings is 1. The number of benzene rings is 1. The average Bonchev–Trinajstić information content (AvgIpc) is 3.01. The Hall–Kier alpha value is -2.02. The van der Waals surface area contributed by atoms with Gasteiger partial charge < -0.3 is 5.11 Å². The van der Waals surface area contributed by atoms with Crippen molar-refractivity contribution < 1.29 is 13.9 Å². The Morgan fingerprint density at radius 3 is 2.95 bits per heavy atom. The zero-order valence-electron chi connectivity index (χ0n) is 12.1. The molecule has 0 bridgehead atoms. The summed E-state index contributed by atoms with van der Waals surface area (Å²) in [5.41, 5.74) is -0.0681. The van der Waals surface area contributed by atoms with Crippen molar-refractivity contribution in [2.24, 2.45) is 5.92 Å². The molecule has 0 radical (unpaired) electrons. The van der Waals surface area contributed by atoms with E-state index in [9.17, 15) is 13.9 Å². The van der Waals surface area contributed by atoms with Gasteiger partial charge in [-0.1, -0.05) is 5.21 Å². The van der Waals surface area contributed by atoms with E-state index >= 15 is 0 Å². The van der Waals surface area contributed by atoms with Crippen LogP contribution < -0.4 is 0 Å². The lowest BCUT2D eigenvalue weighted by Crippen LogP contribution is -2.37. The minimum atomic E-state index is -0.863. The molecule has 0 amide bonds. The molecule has 1 fully saturated rings. The van der Waals surface area contributed by atoms with E-state index in [1.54, 1.807) is 10.9 Å². The van der Waals surface area contributed by atoms with Gasteiger partial charge in [-0.05, 0) is 37.4 Å². The van der Waals surface area contributed by atoms with Crippen molar-refractivity contribution in [3.63, 3.8) is 0 Å². The Kier molecular flexibility index (Phi) is 4.33. The normalized spacial score (nSPS) is 19.5. The topological polar surface area (TPSA) is 54.2 Å². The van der Waals surface area contributed by atoms with E-state index in [1.807, 2.05) is 11.1 Å². The molecule has 5 nitrogen and oxygen atoms in total. The van der Waals surface area contributed by atoms with E-state index < -0.39 is 17.4 Å². The standard InChI is InChI=1S/C15H18F2N4O/c16-13-3-4-14(22)15(17)12(13)10-20-6-1-2-11(8-20)9-21-7-5-18-19-21/h3-5,7,11,22H,1-2,6,8-10H2. The molecule has 1 aliphatic rings. The van der Waals surface area contributed by atoms with Crippen LogP contribution in [0.4, 0.5) is 8.78 Å². The monoisotopic (exact) mass is 308 g/mol. The first-order valence-electron chi connectivity index (χ1n) is 7.36. The van der Waals surface area contributed by atoms with Gasteiger partial charge in [0.05, 0.1) is 6.20 Å². The van der Waals surface area contributed by atoms with Crippen molar-refractivity contribution in [2.75, 3.05) is 13.1 Å². The molecule has 1 N–H and O–H groups in total. The van der Waals surface area contributed by atoms with Gasteiger partial charge in [-0.25, -0.2) is 8.78 Å². The highest BCUT2D eigenvalue weighted by molar-refractivity contribution is 5.31. The predicted octanol–water partition coefficient (Wildman–Crippen LogP) is 2.17. The molecule has 1 aromatic carbocycles. The molecule has 3 rings (SSSR count). The Bertz CT molecular complexity index is 633. The molecule has 2 aromatic rings. The van der Waals surface area contributed by atoms with E-state index in [0.29, 0.717) is 5.92 Å². The molecule has 0 aliphatic carbocycles. The van der Waals surface area contributed by atoms with E-state index in [-0.39, 0.29) is 12.1 Å². The number of halogens is 2. The molecule has 2 heterocycles. The number of likely N-dealkylation sites (tertiary alicyclic amines) is 1. The fourth-order valence-corrected chi connectivity index (χ4v) is 2.99. The summed E-state index contributed by atoms with van der Waals surface area (Å²) in [7, 11) is 0. The van der Waals surface area contributed by atoms with Crippen molar-refractivity contribution in [1.29, 1.82) is 0 Å². The summed E-state index contributed by atoms with van der Waals surface area (Å²) in [6.45, 7) is 2.46. The highest BCUT2D eigenvalue weighted by Crippen LogP contribution is 2.25. The van der Waals surface area contributed by atoms with Gasteiger partial charge in [0.1, 0.15) is 5.82 Å². The molecule has 118 valence electrons. The Balaban J connectivity index is 1.67. The highest BCUT2D eigenvalue weighted by atomic mass is 19.1. The van der Waals surface area contributed by atoms with E-state index in [1.165, 1.54) is 0 Å². The highest BCUT2D eigenvalue weighted by Gasteiger charge is 2.23. The maximum atomic E-state index is 13.9. The first-order valence-corrected chi connectivity index (χ1v) is 7.36. The van der Waals surface area contributed by atoms with Gasteiger partial charge in [0.15, 0.2) is 11.6 Å². The first-order chi connectivity index (χ1) is 10.6. The lowest BCUT2D eigenvalue weighted by molar-refractivity contribution is 0.149. The zero-order chi connectivity index (χ0) is 15.5. The lowest BCUT2D eigenvalue weighted by Gasteiger charge is -2.32. The van der Waals surface area contributed by atoms with Crippen LogP contribution in [-0.4, -0.2) is 38.1 Å². The summed E-state index contributed by atoms with van der Waals surface area (Å²) in [6, 6.07) is 2.14. The Labute approximate surface area is 127 Å². The van der Waals surface area contributed by atoms with Crippen molar-refractivity contribution >= 4 is 0 Å². The molecule has 7 heteroatoms. The molecule has 1 atom stereocenters. The van der Waals surface area contributed by atoms with E-state index in [2.05, 4.69) is 10.3 Å². The van der Waals surface area contributed by atoms with Gasteiger partial charge in [-0.2, -0.15) is 0 Å². The maximum Gasteiger partial charge on any atom is 0.172 e. The number of hydrogen-bond acceptors (Lipinski definition) is 4. The second-order valence-corrected chi connectivity index (χ2v) is 5.73. The number of rotatable bonds is 4. The molecule has 0 spiro atoms. The fourth-order valence-electron chi connectivity index (χ4n) is 2.99. The summed E-state index contributed by atoms with van der Waals surface area (Å²) < 4.78 is 29.4. The Morgan fingerprint density at radius 1 is 1.32 bits per heavy atom. The van der Waals surface area contributed by atoms with E-state index in [0.717, 1.165) is 44.6 Å². The maximum absolute atomic E-state index is 13.9. The molecule has 1 aliphatic heterocycles. The number of aromatic hydroxyl groups is 1.